The van der Waals surface area contributed by atoms with Crippen molar-refractivity contribution in [2.24, 2.45) is 0 Å². The molecule has 1 N–H and O–H groups in total. The number of rotatable bonds is 0. The Morgan fingerprint density at radius 3 is 1.50 bits per heavy atom. The lowest BCUT2D eigenvalue weighted by atomic mass is 11.6. The average Bonchev–Trinajstić information content (AvgIpc) is 0.811. The van der Waals surface area contributed by atoms with Crippen LogP contribution < -0.4 is 5.73 Å². The number of alkyl halides is 2. The van der Waals surface area contributed by atoms with Crippen LogP contribution in [-0.2, 0) is 0 Å². The van der Waals surface area contributed by atoms with Gasteiger partial charge in [0.25, 0.3) is 0 Å². The third kappa shape index (κ3) is 12.7. The van der Waals surface area contributed by atoms with Gasteiger partial charge in [0, 0.05) is 0 Å². The van der Waals surface area contributed by atoms with Crippen molar-refractivity contribution in [1.82, 2.24) is 5.73 Å². The normalized spacial score (nSPS) is 9.00. The Hall–Kier alpha value is 0.920. The molecule has 1 nitrogen and oxygen atoms in total. The molecule has 0 fully saturated rings. The van der Waals surface area contributed by atoms with Crippen LogP contribution in [0.1, 0.15) is 0 Å². The molecule has 0 saturated heterocycles. The van der Waals surface area contributed by atoms with Crippen molar-refractivity contribution in [3.05, 3.63) is 0 Å². The van der Waals surface area contributed by atoms with Crippen LogP contribution in [0.15, 0.2) is 0 Å². The quantitative estimate of drug-likeness (QED) is 0.404. The summed E-state index contributed by atoms with van der Waals surface area (Å²) in [6.07, 6.45) is 0. The van der Waals surface area contributed by atoms with E-state index in [1.807, 2.05) is 0 Å². The van der Waals surface area contributed by atoms with Gasteiger partial charge in [0.1, 0.15) is 3.86 Å². The van der Waals surface area contributed by atoms with Crippen LogP contribution in [0, 0.1) is 0 Å². The number of hydrogen-bond acceptors (Lipinski definition) is 0. The molecule has 0 bridgehead atoms. The Labute approximate surface area is 41.8 Å². The molecule has 0 aromatic rings. The molecule has 0 aromatic carbocycles. The third-order valence-corrected chi connectivity index (χ3v) is 0. The highest BCUT2D eigenvalue weighted by atomic mass is 79.9. The molecule has 0 atom stereocenters. The fourth-order valence-corrected chi connectivity index (χ4v) is 0. The van der Waals surface area contributed by atoms with Crippen LogP contribution in [-0.4, -0.2) is 3.86 Å². The van der Waals surface area contributed by atoms with E-state index in [0.29, 0.717) is 0 Å². The Balaban J connectivity index is 2.32. The maximum Gasteiger partial charge on any atom is 0.131 e. The first-order valence-electron chi connectivity index (χ1n) is 0.725. The molecule has 0 amide bonds. The van der Waals surface area contributed by atoms with Crippen LogP contribution in [0.25, 0.3) is 0 Å². The zero-order valence-electron chi connectivity index (χ0n) is 1.83. The molecule has 0 spiro atoms. The van der Waals surface area contributed by atoms with E-state index < -0.39 is 0 Å². The van der Waals surface area contributed by atoms with Gasteiger partial charge in [-0.3, -0.25) is 0 Å². The van der Waals surface area contributed by atoms with E-state index in [1.54, 1.807) is 0 Å². The summed E-state index contributed by atoms with van der Waals surface area (Å²) in [7, 11) is 0. The van der Waals surface area contributed by atoms with Crippen LogP contribution in [0.5, 0.6) is 0 Å². The first-order valence-corrected chi connectivity index (χ1v) is 2.56. The van der Waals surface area contributed by atoms with Gasteiger partial charge in [-0.15, -0.1) is 0 Å². The molecule has 4 heavy (non-hydrogen) atoms. The minimum atomic E-state index is -0.292. The fourth-order valence-electron chi connectivity index (χ4n) is 0. The summed E-state index contributed by atoms with van der Waals surface area (Å²) >= 11 is 5.71. The van der Waals surface area contributed by atoms with E-state index in [0.717, 1.165) is 0 Å². The molecule has 0 aromatic heterocycles. The van der Waals surface area contributed by atoms with Gasteiger partial charge >= 0.3 is 0 Å². The minimum absolute atomic E-state index is 0.292. The average molecular weight is 188 g/mol. The van der Waals surface area contributed by atoms with Crippen LogP contribution in [0.3, 0.4) is 0 Å². The molecule has 0 saturated carbocycles. The SMILES string of the molecule is [NH]C(Br)Br. The summed E-state index contributed by atoms with van der Waals surface area (Å²) in [5, 5.41) is 0. The summed E-state index contributed by atoms with van der Waals surface area (Å²) in [6, 6.07) is 0. The van der Waals surface area contributed by atoms with E-state index >= 15 is 0 Å². The Bertz CT molecular complexity index is 10.8. The first-order chi connectivity index (χ1) is 1.73. The smallest absolute Gasteiger partial charge is 0.131 e. The molecule has 1 radical (unpaired) electrons. The second-order valence-electron chi connectivity index (χ2n) is 0.301. The van der Waals surface area contributed by atoms with E-state index in [9.17, 15) is 0 Å². The highest BCUT2D eigenvalue weighted by molar-refractivity contribution is 9.24. The summed E-state index contributed by atoms with van der Waals surface area (Å²) in [5.74, 6) is 0. The van der Waals surface area contributed by atoms with Crippen molar-refractivity contribution in [3.63, 3.8) is 0 Å². The fraction of sp³-hybridized carbons (Fsp3) is 1.00. The van der Waals surface area contributed by atoms with Crippen molar-refractivity contribution in [2.45, 2.75) is 3.86 Å². The summed E-state index contributed by atoms with van der Waals surface area (Å²) < 4.78 is -0.292. The molecular weight excluding hydrogens is 186 g/mol. The standard InChI is InChI=1S/CH2Br2N/c2-1(3)4/h1,4H. The third-order valence-electron chi connectivity index (χ3n) is 0. The first kappa shape index (κ1) is 4.92. The zero-order valence-corrected chi connectivity index (χ0v) is 5.01. The van der Waals surface area contributed by atoms with E-state index in [2.05, 4.69) is 31.9 Å². The lowest BCUT2D eigenvalue weighted by Gasteiger charge is -1.73. The number of halogens is 2. The van der Waals surface area contributed by atoms with Crippen molar-refractivity contribution in [1.29, 1.82) is 0 Å². The van der Waals surface area contributed by atoms with Gasteiger partial charge in [0.15, 0.2) is 0 Å². The number of nitrogens with one attached hydrogen (secondary N) is 1. The van der Waals surface area contributed by atoms with Gasteiger partial charge in [-0.25, -0.2) is 5.73 Å². The Kier molecular flexibility index (Phi) is 2.68. The van der Waals surface area contributed by atoms with Gasteiger partial charge < -0.3 is 0 Å². The molecule has 0 aliphatic carbocycles. The lowest BCUT2D eigenvalue weighted by molar-refractivity contribution is 1.29. The van der Waals surface area contributed by atoms with Gasteiger partial charge in [0.05, 0.1) is 0 Å². The van der Waals surface area contributed by atoms with Crippen molar-refractivity contribution >= 4 is 31.9 Å². The van der Waals surface area contributed by atoms with E-state index in [-0.39, 0.29) is 3.86 Å². The van der Waals surface area contributed by atoms with E-state index in [1.165, 1.54) is 0 Å². The summed E-state index contributed by atoms with van der Waals surface area (Å²) in [5.41, 5.74) is 6.42. The summed E-state index contributed by atoms with van der Waals surface area (Å²) in [4.78, 5) is 0. The topological polar surface area (TPSA) is 23.8 Å². The van der Waals surface area contributed by atoms with Gasteiger partial charge in [-0.05, 0) is 0 Å². The maximum absolute atomic E-state index is 6.42. The largest absolute Gasteiger partial charge is 0.232 e. The van der Waals surface area contributed by atoms with Crippen molar-refractivity contribution in [2.75, 3.05) is 0 Å². The molecule has 0 heterocycles. The van der Waals surface area contributed by atoms with Crippen molar-refractivity contribution < 1.29 is 0 Å². The summed E-state index contributed by atoms with van der Waals surface area (Å²) in [6.45, 7) is 0. The highest BCUT2D eigenvalue weighted by Gasteiger charge is 1.75. The second-order valence-corrected chi connectivity index (χ2v) is 3.36. The molecule has 0 aliphatic rings. The van der Waals surface area contributed by atoms with E-state index in [4.69, 9.17) is 5.73 Å². The lowest BCUT2D eigenvalue weighted by Crippen LogP contribution is -1.76. The molecule has 0 rings (SSSR count). The van der Waals surface area contributed by atoms with Crippen molar-refractivity contribution in [3.8, 4) is 0 Å². The minimum Gasteiger partial charge on any atom is -0.232 e. The Morgan fingerprint density at radius 2 is 1.50 bits per heavy atom. The molecular formula is CH2Br2N. The number of hydrogen-bond donors (Lipinski definition) is 0. The Morgan fingerprint density at radius 1 is 1.50 bits per heavy atom. The highest BCUT2D eigenvalue weighted by Crippen LogP contribution is 1.98. The van der Waals surface area contributed by atoms with Crippen LogP contribution in [0.4, 0.5) is 0 Å². The van der Waals surface area contributed by atoms with Gasteiger partial charge in [-0.2, -0.15) is 0 Å². The molecule has 25 valence electrons. The maximum atomic E-state index is 6.42. The molecule has 0 aliphatic heterocycles. The van der Waals surface area contributed by atoms with Crippen LogP contribution in [0.2, 0.25) is 0 Å². The van der Waals surface area contributed by atoms with Gasteiger partial charge in [0.2, 0.25) is 0 Å². The molecule has 0 unspecified atom stereocenters. The van der Waals surface area contributed by atoms with Crippen LogP contribution >= 0.6 is 31.9 Å². The predicted molar refractivity (Wildman–Crippen MR) is 24.7 cm³/mol. The van der Waals surface area contributed by atoms with Gasteiger partial charge in [-0.1, -0.05) is 31.9 Å². The predicted octanol–water partition coefficient (Wildman–Crippen LogP) is 1.34. The second kappa shape index (κ2) is 2.18. The monoisotopic (exact) mass is 186 g/mol. The molecule has 3 heteroatoms. The zero-order chi connectivity index (χ0) is 3.58.